The first-order chi connectivity index (χ1) is 12.8. The molecule has 27 heavy (non-hydrogen) atoms. The predicted molar refractivity (Wildman–Crippen MR) is 117 cm³/mol. The summed E-state index contributed by atoms with van der Waals surface area (Å²) in [5.74, 6) is 0.841. The second-order valence-corrected chi connectivity index (χ2v) is 7.24. The maximum absolute atomic E-state index is 8.12. The van der Waals surface area contributed by atoms with Gasteiger partial charge in [-0.15, -0.1) is 4.99 Å². The van der Waals surface area contributed by atoms with Crippen molar-refractivity contribution in [2.45, 2.75) is 34.1 Å². The Balaban J connectivity index is 2.12. The Morgan fingerprint density at radius 3 is 2.59 bits per heavy atom. The van der Waals surface area contributed by atoms with Gasteiger partial charge in [0.15, 0.2) is 5.84 Å². The summed E-state index contributed by atoms with van der Waals surface area (Å²) in [6.45, 7) is 10.3. The van der Waals surface area contributed by atoms with Gasteiger partial charge in [0.25, 0.3) is 0 Å². The summed E-state index contributed by atoms with van der Waals surface area (Å²) in [7, 11) is 2.13. The number of rotatable bonds is 6. The summed E-state index contributed by atoms with van der Waals surface area (Å²) >= 11 is 3.38. The van der Waals surface area contributed by atoms with Crippen molar-refractivity contribution in [3.63, 3.8) is 0 Å². The van der Waals surface area contributed by atoms with Crippen LogP contribution in [-0.2, 0) is 19.0 Å². The number of hydrogen-bond donors (Lipinski definition) is 1. The Labute approximate surface area is 167 Å². The molecule has 0 aliphatic heterocycles. The molecule has 6 heteroatoms. The van der Waals surface area contributed by atoms with Gasteiger partial charge >= 0.3 is 5.23 Å². The molecule has 1 N–H and O–H groups in total. The molecule has 0 amide bonds. The summed E-state index contributed by atoms with van der Waals surface area (Å²) in [5.41, 5.74) is 5.20. The Bertz CT molecular complexity index is 848. The predicted octanol–water partition coefficient (Wildman–Crippen LogP) is 3.27. The van der Waals surface area contributed by atoms with Crippen LogP contribution < -0.4 is 4.74 Å². The van der Waals surface area contributed by atoms with Crippen LogP contribution in [0.15, 0.2) is 35.6 Å². The molecule has 0 fully saturated rings. The lowest BCUT2D eigenvalue weighted by molar-refractivity contribution is 0.357. The van der Waals surface area contributed by atoms with Crippen molar-refractivity contribution in [1.29, 1.82) is 5.41 Å². The second-order valence-electron chi connectivity index (χ2n) is 6.81. The Morgan fingerprint density at radius 1 is 1.19 bits per heavy atom. The van der Waals surface area contributed by atoms with E-state index < -0.39 is 0 Å². The summed E-state index contributed by atoms with van der Waals surface area (Å²) in [6, 6.07) is 6.07. The van der Waals surface area contributed by atoms with Crippen molar-refractivity contribution in [3.8, 4) is 5.75 Å². The molecule has 2 rings (SSSR count). The maximum Gasteiger partial charge on any atom is 0.414 e. The highest BCUT2D eigenvalue weighted by atomic mass is 32.1. The normalized spacial score (nSPS) is 11.7. The SMILES string of the molecule is CCN(C)CCc1cc(C)c(OC([SH2+])=NC(=N)c2cncc(C)c2)cc1C. The number of nitrogens with zero attached hydrogens (tertiary/aromatic N) is 3. The number of hydrogen-bond acceptors (Lipinski definition) is 4. The molecule has 0 saturated heterocycles. The first-order valence-electron chi connectivity index (χ1n) is 9.07. The van der Waals surface area contributed by atoms with Gasteiger partial charge in [-0.3, -0.25) is 10.4 Å². The van der Waals surface area contributed by atoms with Crippen LogP contribution in [0.2, 0.25) is 0 Å². The van der Waals surface area contributed by atoms with E-state index in [1.807, 2.05) is 26.0 Å². The number of nitrogens with one attached hydrogen (secondary N) is 1. The number of amidine groups is 1. The number of likely N-dealkylation sites (N-methyl/N-ethyl adjacent to an activating group) is 1. The summed E-state index contributed by atoms with van der Waals surface area (Å²) in [5, 5.41) is 8.37. The van der Waals surface area contributed by atoms with Crippen LogP contribution in [-0.4, -0.2) is 41.1 Å². The van der Waals surface area contributed by atoms with Crippen molar-refractivity contribution >= 4 is 23.7 Å². The number of aryl methyl sites for hydroxylation is 3. The fourth-order valence-electron chi connectivity index (χ4n) is 2.68. The van der Waals surface area contributed by atoms with Gasteiger partial charge in [-0.2, -0.15) is 0 Å². The zero-order chi connectivity index (χ0) is 20.0. The maximum atomic E-state index is 8.12. The van der Waals surface area contributed by atoms with E-state index >= 15 is 0 Å². The number of pyridine rings is 1. The van der Waals surface area contributed by atoms with E-state index in [0.717, 1.165) is 36.4 Å². The monoisotopic (exact) mass is 385 g/mol. The number of benzene rings is 1. The number of aliphatic imine (C=N–C) groups is 1. The zero-order valence-electron chi connectivity index (χ0n) is 16.8. The third-order valence-corrected chi connectivity index (χ3v) is 4.72. The highest BCUT2D eigenvalue weighted by Crippen LogP contribution is 2.24. The fraction of sp³-hybridized carbons (Fsp3) is 0.381. The van der Waals surface area contributed by atoms with E-state index in [1.165, 1.54) is 11.1 Å². The van der Waals surface area contributed by atoms with Crippen LogP contribution in [0, 0.1) is 26.2 Å². The van der Waals surface area contributed by atoms with Crippen LogP contribution in [0.1, 0.15) is 34.7 Å². The van der Waals surface area contributed by atoms with Crippen LogP contribution in [0.3, 0.4) is 0 Å². The van der Waals surface area contributed by atoms with Crippen molar-refractivity contribution in [3.05, 3.63) is 58.4 Å². The lowest BCUT2D eigenvalue weighted by Gasteiger charge is -2.16. The van der Waals surface area contributed by atoms with Gasteiger partial charge in [-0.1, -0.05) is 13.0 Å². The third-order valence-electron chi connectivity index (χ3n) is 4.50. The Kier molecular flexibility index (Phi) is 7.56. The Morgan fingerprint density at radius 2 is 1.93 bits per heavy atom. The van der Waals surface area contributed by atoms with Gasteiger partial charge in [-0.05, 0) is 75.2 Å². The van der Waals surface area contributed by atoms with Crippen LogP contribution in [0.5, 0.6) is 5.75 Å². The van der Waals surface area contributed by atoms with Gasteiger partial charge in [0, 0.05) is 24.5 Å². The number of ether oxygens (including phenoxy) is 1. The molecule has 1 aromatic carbocycles. The van der Waals surface area contributed by atoms with Gasteiger partial charge in [0.2, 0.25) is 0 Å². The first-order valence-corrected chi connectivity index (χ1v) is 9.57. The van der Waals surface area contributed by atoms with E-state index in [9.17, 15) is 0 Å². The quantitative estimate of drug-likeness (QED) is 0.472. The zero-order valence-corrected chi connectivity index (χ0v) is 17.8. The molecule has 0 unspecified atom stereocenters. The van der Waals surface area contributed by atoms with Gasteiger partial charge in [-0.25, -0.2) is 0 Å². The Hall–Kier alpha value is -2.18. The van der Waals surface area contributed by atoms with Gasteiger partial charge in [0.05, 0.1) is 12.6 Å². The molecular formula is C21H29N4OS+. The second kappa shape index (κ2) is 9.67. The van der Waals surface area contributed by atoms with Crippen molar-refractivity contribution < 1.29 is 4.74 Å². The summed E-state index contributed by atoms with van der Waals surface area (Å²) in [6.07, 6.45) is 4.38. The summed E-state index contributed by atoms with van der Waals surface area (Å²) < 4.78 is 5.84. The van der Waals surface area contributed by atoms with Crippen LogP contribution >= 0.6 is 0 Å². The molecular weight excluding hydrogens is 356 g/mol. The minimum atomic E-state index is 0.102. The smallest absolute Gasteiger partial charge is 0.402 e. The molecule has 144 valence electrons. The van der Waals surface area contributed by atoms with Crippen LogP contribution in [0.25, 0.3) is 0 Å². The summed E-state index contributed by atoms with van der Waals surface area (Å²) in [4.78, 5) is 10.6. The van der Waals surface area contributed by atoms with Crippen LogP contribution in [0.4, 0.5) is 0 Å². The van der Waals surface area contributed by atoms with E-state index in [1.54, 1.807) is 12.4 Å². The largest absolute Gasteiger partial charge is 0.414 e. The minimum Gasteiger partial charge on any atom is -0.402 e. The van der Waals surface area contributed by atoms with Crippen molar-refractivity contribution in [2.75, 3.05) is 20.1 Å². The fourth-order valence-corrected chi connectivity index (χ4v) is 2.90. The first kappa shape index (κ1) is 21.1. The van der Waals surface area contributed by atoms with E-state index in [-0.39, 0.29) is 11.1 Å². The highest BCUT2D eigenvalue weighted by Gasteiger charge is 2.12. The van der Waals surface area contributed by atoms with Crippen molar-refractivity contribution in [1.82, 2.24) is 9.88 Å². The molecule has 0 bridgehead atoms. The van der Waals surface area contributed by atoms with Gasteiger partial charge in [0.1, 0.15) is 5.75 Å². The van der Waals surface area contributed by atoms with Gasteiger partial charge < -0.3 is 9.64 Å². The average molecular weight is 386 g/mol. The molecule has 1 aromatic heterocycles. The number of aromatic nitrogens is 1. The average Bonchev–Trinajstić information content (AvgIpc) is 2.62. The standard InChI is InChI=1S/C21H28N4OS/c1-6-25(5)8-7-17-10-16(4)19(11-15(17)3)26-21(27)24-20(22)18-9-14(2)12-23-13-18/h9-13H,6-8H2,1-5H3,(H2,22,24,27)/p+1. The lowest BCUT2D eigenvalue weighted by Crippen LogP contribution is -2.20. The molecule has 0 aliphatic rings. The molecule has 0 atom stereocenters. The third kappa shape index (κ3) is 6.19. The molecule has 1 heterocycles. The lowest BCUT2D eigenvalue weighted by atomic mass is 10.0. The molecule has 0 radical (unpaired) electrons. The molecule has 0 aliphatic carbocycles. The molecule has 0 spiro atoms. The topological polar surface area (TPSA) is 61.6 Å². The van der Waals surface area contributed by atoms with E-state index in [0.29, 0.717) is 5.56 Å². The molecule has 2 aromatic rings. The van der Waals surface area contributed by atoms with Crippen molar-refractivity contribution in [2.24, 2.45) is 4.99 Å². The highest BCUT2D eigenvalue weighted by molar-refractivity contribution is 7.77. The van der Waals surface area contributed by atoms with E-state index in [2.05, 4.69) is 54.5 Å². The van der Waals surface area contributed by atoms with E-state index in [4.69, 9.17) is 10.1 Å². The minimum absolute atomic E-state index is 0.102. The molecule has 0 saturated carbocycles. The molecule has 5 nitrogen and oxygen atoms in total.